The number of rotatable bonds is 4. The van der Waals surface area contributed by atoms with Gasteiger partial charge < -0.3 is 4.74 Å². The molecule has 2 rings (SSSR count). The molecule has 0 aromatic carbocycles. The summed E-state index contributed by atoms with van der Waals surface area (Å²) in [5.74, 6) is 0.213. The SMILES string of the molecule is CCOC1(C(=O)c2ccsc2C)CCCCCC1. The Labute approximate surface area is 113 Å². The number of carbonyl (C=O) groups is 1. The summed E-state index contributed by atoms with van der Waals surface area (Å²) >= 11 is 1.64. The van der Waals surface area contributed by atoms with Crippen LogP contribution in [0.25, 0.3) is 0 Å². The van der Waals surface area contributed by atoms with Crippen LogP contribution in [0.15, 0.2) is 11.4 Å². The average molecular weight is 266 g/mol. The molecular weight excluding hydrogens is 244 g/mol. The molecule has 0 amide bonds. The highest BCUT2D eigenvalue weighted by Crippen LogP contribution is 2.35. The van der Waals surface area contributed by atoms with Gasteiger partial charge in [0.15, 0.2) is 5.78 Å². The molecule has 100 valence electrons. The van der Waals surface area contributed by atoms with Crippen LogP contribution in [0.3, 0.4) is 0 Å². The van der Waals surface area contributed by atoms with Gasteiger partial charge in [0.05, 0.1) is 0 Å². The lowest BCUT2D eigenvalue weighted by molar-refractivity contribution is -0.0292. The Hall–Kier alpha value is -0.670. The maximum Gasteiger partial charge on any atom is 0.195 e. The summed E-state index contributed by atoms with van der Waals surface area (Å²) in [5.41, 5.74) is 0.326. The van der Waals surface area contributed by atoms with Crippen molar-refractivity contribution in [3.63, 3.8) is 0 Å². The molecule has 1 aliphatic rings. The summed E-state index contributed by atoms with van der Waals surface area (Å²) in [4.78, 5) is 13.9. The van der Waals surface area contributed by atoms with Gasteiger partial charge in [0.2, 0.25) is 0 Å². The van der Waals surface area contributed by atoms with Crippen LogP contribution >= 0.6 is 11.3 Å². The number of ketones is 1. The number of hydrogen-bond donors (Lipinski definition) is 0. The Bertz CT molecular complexity index is 400. The highest BCUT2D eigenvalue weighted by molar-refractivity contribution is 7.10. The maximum absolute atomic E-state index is 12.8. The van der Waals surface area contributed by atoms with Crippen molar-refractivity contribution >= 4 is 17.1 Å². The first-order valence-electron chi connectivity index (χ1n) is 6.92. The van der Waals surface area contributed by atoms with E-state index in [9.17, 15) is 4.79 Å². The van der Waals surface area contributed by atoms with Crippen LogP contribution in [0, 0.1) is 6.92 Å². The minimum absolute atomic E-state index is 0.213. The van der Waals surface area contributed by atoms with Crippen LogP contribution in [-0.2, 0) is 4.74 Å². The van der Waals surface area contributed by atoms with Crippen LogP contribution in [0.2, 0.25) is 0 Å². The van der Waals surface area contributed by atoms with Gasteiger partial charge in [-0.1, -0.05) is 25.7 Å². The van der Waals surface area contributed by atoms with E-state index in [-0.39, 0.29) is 5.78 Å². The zero-order chi connectivity index (χ0) is 13.0. The lowest BCUT2D eigenvalue weighted by atomic mass is 9.86. The van der Waals surface area contributed by atoms with Crippen LogP contribution in [0.4, 0.5) is 0 Å². The van der Waals surface area contributed by atoms with Crippen molar-refractivity contribution < 1.29 is 9.53 Å². The lowest BCUT2D eigenvalue weighted by Gasteiger charge is -2.31. The third kappa shape index (κ3) is 2.67. The Morgan fingerprint density at radius 1 is 1.33 bits per heavy atom. The fourth-order valence-electron chi connectivity index (χ4n) is 2.88. The van der Waals surface area contributed by atoms with Crippen molar-refractivity contribution in [2.24, 2.45) is 0 Å². The van der Waals surface area contributed by atoms with Gasteiger partial charge >= 0.3 is 0 Å². The van der Waals surface area contributed by atoms with E-state index in [4.69, 9.17) is 4.74 Å². The average Bonchev–Trinajstić information content (AvgIpc) is 2.64. The minimum Gasteiger partial charge on any atom is -0.367 e. The minimum atomic E-state index is -0.545. The molecule has 0 unspecified atom stereocenters. The van der Waals surface area contributed by atoms with Crippen LogP contribution < -0.4 is 0 Å². The molecule has 0 bridgehead atoms. The Morgan fingerprint density at radius 2 is 2.00 bits per heavy atom. The quantitative estimate of drug-likeness (QED) is 0.597. The van der Waals surface area contributed by atoms with Gasteiger partial charge in [-0.15, -0.1) is 11.3 Å². The normalized spacial score (nSPS) is 19.4. The number of Topliss-reactive ketones (excluding diaryl/α,β-unsaturated/α-hetero) is 1. The first-order valence-corrected chi connectivity index (χ1v) is 7.80. The smallest absolute Gasteiger partial charge is 0.195 e. The van der Waals surface area contributed by atoms with Crippen molar-refractivity contribution in [3.8, 4) is 0 Å². The third-order valence-electron chi connectivity index (χ3n) is 3.85. The van der Waals surface area contributed by atoms with E-state index in [2.05, 4.69) is 0 Å². The molecule has 1 heterocycles. The Kier molecular flexibility index (Phi) is 4.57. The highest BCUT2D eigenvalue weighted by atomic mass is 32.1. The lowest BCUT2D eigenvalue weighted by Crippen LogP contribution is -2.41. The molecule has 0 atom stereocenters. The summed E-state index contributed by atoms with van der Waals surface area (Å²) in [7, 11) is 0. The Balaban J connectivity index is 2.28. The summed E-state index contributed by atoms with van der Waals surface area (Å²) in [5, 5.41) is 2.00. The number of thiophene rings is 1. The largest absolute Gasteiger partial charge is 0.367 e. The maximum atomic E-state index is 12.8. The Morgan fingerprint density at radius 3 is 2.50 bits per heavy atom. The molecule has 0 N–H and O–H groups in total. The van der Waals surface area contributed by atoms with Gasteiger partial charge in [-0.25, -0.2) is 0 Å². The van der Waals surface area contributed by atoms with Crippen LogP contribution in [-0.4, -0.2) is 18.0 Å². The molecular formula is C15H22O2S. The highest BCUT2D eigenvalue weighted by Gasteiger charge is 2.40. The number of hydrogen-bond acceptors (Lipinski definition) is 3. The standard InChI is InChI=1S/C15H22O2S/c1-3-17-15(9-6-4-5-7-10-15)14(16)13-8-11-18-12(13)2/h8,11H,3-7,9-10H2,1-2H3. The second-order valence-electron chi connectivity index (χ2n) is 5.06. The molecule has 0 spiro atoms. The molecule has 1 aromatic heterocycles. The predicted octanol–water partition coefficient (Wildman–Crippen LogP) is 4.37. The van der Waals surface area contributed by atoms with Crippen LogP contribution in [0.5, 0.6) is 0 Å². The predicted molar refractivity (Wildman–Crippen MR) is 75.4 cm³/mol. The third-order valence-corrected chi connectivity index (χ3v) is 4.69. The molecule has 0 aliphatic heterocycles. The van der Waals surface area contributed by atoms with E-state index in [1.54, 1.807) is 11.3 Å². The second-order valence-corrected chi connectivity index (χ2v) is 6.18. The number of aryl methyl sites for hydroxylation is 1. The van der Waals surface area contributed by atoms with Gasteiger partial charge in [0.1, 0.15) is 5.60 Å². The van der Waals surface area contributed by atoms with E-state index in [1.807, 2.05) is 25.3 Å². The molecule has 1 aromatic rings. The monoisotopic (exact) mass is 266 g/mol. The molecule has 18 heavy (non-hydrogen) atoms. The van der Waals surface area contributed by atoms with Crippen molar-refractivity contribution in [3.05, 3.63) is 21.9 Å². The van der Waals surface area contributed by atoms with Gasteiger partial charge in [-0.2, -0.15) is 0 Å². The summed E-state index contributed by atoms with van der Waals surface area (Å²) in [6.07, 6.45) is 6.43. The summed E-state index contributed by atoms with van der Waals surface area (Å²) in [6, 6.07) is 1.95. The fourth-order valence-corrected chi connectivity index (χ4v) is 3.57. The summed E-state index contributed by atoms with van der Waals surface area (Å²) in [6.45, 7) is 4.63. The van der Waals surface area contributed by atoms with Crippen molar-refractivity contribution in [1.82, 2.24) is 0 Å². The topological polar surface area (TPSA) is 26.3 Å². The van der Waals surface area contributed by atoms with Gasteiger partial charge in [0, 0.05) is 17.0 Å². The zero-order valence-corrected chi connectivity index (χ0v) is 12.1. The van der Waals surface area contributed by atoms with E-state index in [0.29, 0.717) is 6.61 Å². The number of ether oxygens (including phenoxy) is 1. The van der Waals surface area contributed by atoms with Crippen molar-refractivity contribution in [2.75, 3.05) is 6.61 Å². The second kappa shape index (κ2) is 5.98. The van der Waals surface area contributed by atoms with E-state index in [1.165, 1.54) is 12.8 Å². The van der Waals surface area contributed by atoms with Crippen LogP contribution in [0.1, 0.15) is 60.7 Å². The molecule has 0 saturated heterocycles. The fraction of sp³-hybridized carbons (Fsp3) is 0.667. The van der Waals surface area contributed by atoms with E-state index >= 15 is 0 Å². The molecule has 1 saturated carbocycles. The first-order chi connectivity index (χ1) is 8.69. The van der Waals surface area contributed by atoms with Gasteiger partial charge in [-0.3, -0.25) is 4.79 Å². The van der Waals surface area contributed by atoms with Gasteiger partial charge in [-0.05, 0) is 38.1 Å². The van der Waals surface area contributed by atoms with E-state index in [0.717, 1.165) is 36.1 Å². The number of carbonyl (C=O) groups excluding carboxylic acids is 1. The van der Waals surface area contributed by atoms with Crippen molar-refractivity contribution in [1.29, 1.82) is 0 Å². The molecule has 2 nitrogen and oxygen atoms in total. The molecule has 3 heteroatoms. The first kappa shape index (κ1) is 13.8. The molecule has 1 aliphatic carbocycles. The van der Waals surface area contributed by atoms with E-state index < -0.39 is 5.60 Å². The summed E-state index contributed by atoms with van der Waals surface area (Å²) < 4.78 is 5.95. The molecule has 0 radical (unpaired) electrons. The van der Waals surface area contributed by atoms with Crippen molar-refractivity contribution in [2.45, 2.75) is 58.0 Å². The molecule has 1 fully saturated rings. The zero-order valence-electron chi connectivity index (χ0n) is 11.3. The van der Waals surface area contributed by atoms with Gasteiger partial charge in [0.25, 0.3) is 0 Å².